The maximum absolute atomic E-state index is 12.3. The van der Waals surface area contributed by atoms with Crippen LogP contribution in [0.3, 0.4) is 0 Å². The van der Waals surface area contributed by atoms with Crippen LogP contribution in [0.1, 0.15) is 18.9 Å². The van der Waals surface area contributed by atoms with Gasteiger partial charge in [-0.25, -0.2) is 0 Å². The molecule has 1 aliphatic rings. The molecule has 1 unspecified atom stereocenters. The second-order valence-electron chi connectivity index (χ2n) is 6.35. The van der Waals surface area contributed by atoms with E-state index in [1.54, 1.807) is 11.0 Å². The highest BCUT2D eigenvalue weighted by Gasteiger charge is 2.40. The maximum atomic E-state index is 12.3. The van der Waals surface area contributed by atoms with Crippen molar-refractivity contribution in [3.05, 3.63) is 101 Å². The Kier molecular flexibility index (Phi) is 6.30. The van der Waals surface area contributed by atoms with E-state index in [1.165, 1.54) is 0 Å². The van der Waals surface area contributed by atoms with E-state index in [0.717, 1.165) is 27.1 Å². The van der Waals surface area contributed by atoms with Crippen LogP contribution >= 0.6 is 15.9 Å². The molecule has 27 heavy (non-hydrogen) atoms. The Hall–Kier alpha value is -2.59. The summed E-state index contributed by atoms with van der Waals surface area (Å²) < 4.78 is 7.08. The van der Waals surface area contributed by atoms with Gasteiger partial charge >= 0.3 is 0 Å². The van der Waals surface area contributed by atoms with Crippen LogP contribution in [0.5, 0.6) is 0 Å². The molecule has 1 atom stereocenters. The molecule has 3 nitrogen and oxygen atoms in total. The van der Waals surface area contributed by atoms with E-state index in [0.29, 0.717) is 13.0 Å². The SMILES string of the molecule is C=C/C(=C(\C=C(/C)Br)OCc1ccccc1)C1CC(=O)N1c1ccccc1. The zero-order chi connectivity index (χ0) is 19.2. The van der Waals surface area contributed by atoms with Gasteiger partial charge < -0.3 is 9.64 Å². The maximum Gasteiger partial charge on any atom is 0.230 e. The molecular weight excluding hydrogens is 402 g/mol. The van der Waals surface area contributed by atoms with Gasteiger partial charge in [0.1, 0.15) is 12.4 Å². The summed E-state index contributed by atoms with van der Waals surface area (Å²) in [5.41, 5.74) is 2.89. The van der Waals surface area contributed by atoms with Gasteiger partial charge in [0.05, 0.1) is 12.5 Å². The zero-order valence-electron chi connectivity index (χ0n) is 15.3. The molecule has 0 radical (unpaired) electrons. The molecule has 1 heterocycles. The molecule has 1 aliphatic heterocycles. The number of benzene rings is 2. The summed E-state index contributed by atoms with van der Waals surface area (Å²) in [6.07, 6.45) is 4.18. The van der Waals surface area contributed by atoms with Crippen molar-refractivity contribution in [3.63, 3.8) is 0 Å². The Bertz CT molecular complexity index is 868. The lowest BCUT2D eigenvalue weighted by Gasteiger charge is -2.41. The van der Waals surface area contributed by atoms with E-state index in [4.69, 9.17) is 4.74 Å². The molecule has 3 rings (SSSR count). The van der Waals surface area contributed by atoms with Gasteiger partial charge in [-0.15, -0.1) is 0 Å². The average molecular weight is 424 g/mol. The summed E-state index contributed by atoms with van der Waals surface area (Å²) in [7, 11) is 0. The number of rotatable bonds is 7. The topological polar surface area (TPSA) is 29.5 Å². The van der Waals surface area contributed by atoms with E-state index >= 15 is 0 Å². The molecule has 1 saturated heterocycles. The van der Waals surface area contributed by atoms with Crippen LogP contribution in [-0.4, -0.2) is 11.9 Å². The zero-order valence-corrected chi connectivity index (χ0v) is 16.9. The van der Waals surface area contributed by atoms with Gasteiger partial charge in [-0.1, -0.05) is 77.1 Å². The van der Waals surface area contributed by atoms with Crippen molar-refractivity contribution in [1.82, 2.24) is 0 Å². The van der Waals surface area contributed by atoms with Gasteiger partial charge in [0.25, 0.3) is 0 Å². The molecule has 1 amide bonds. The molecular formula is C23H22BrNO2. The van der Waals surface area contributed by atoms with Crippen LogP contribution in [0.15, 0.2) is 95.2 Å². The van der Waals surface area contributed by atoms with Crippen LogP contribution < -0.4 is 4.90 Å². The third kappa shape index (κ3) is 4.58. The van der Waals surface area contributed by atoms with Crippen molar-refractivity contribution >= 4 is 27.5 Å². The summed E-state index contributed by atoms with van der Waals surface area (Å²) in [4.78, 5) is 14.1. The first kappa shape index (κ1) is 19.2. The number of hydrogen-bond acceptors (Lipinski definition) is 2. The third-order valence-corrected chi connectivity index (χ3v) is 4.64. The van der Waals surface area contributed by atoms with Crippen LogP contribution in [0.4, 0.5) is 5.69 Å². The molecule has 2 aromatic rings. The monoisotopic (exact) mass is 423 g/mol. The molecule has 0 saturated carbocycles. The molecule has 138 valence electrons. The Morgan fingerprint density at radius 3 is 2.37 bits per heavy atom. The number of carbonyl (C=O) groups excluding carboxylic acids is 1. The predicted molar refractivity (Wildman–Crippen MR) is 113 cm³/mol. The van der Waals surface area contributed by atoms with E-state index in [9.17, 15) is 4.79 Å². The Morgan fingerprint density at radius 1 is 1.19 bits per heavy atom. The molecule has 0 aromatic heterocycles. The fourth-order valence-corrected chi connectivity index (χ4v) is 3.31. The minimum Gasteiger partial charge on any atom is -0.489 e. The quantitative estimate of drug-likeness (QED) is 0.322. The standard InChI is InChI=1S/C23H22BrNO2/c1-3-20(21-15-23(26)25(21)19-12-8-5-9-13-19)22(14-17(2)24)27-16-18-10-6-4-7-11-18/h3-14,21H,1,15-16H2,2H3/b17-14+,22-20-. The minimum absolute atomic E-state index is 0.0775. The van der Waals surface area contributed by atoms with Crippen molar-refractivity contribution in [2.24, 2.45) is 0 Å². The van der Waals surface area contributed by atoms with Crippen LogP contribution in [0.25, 0.3) is 0 Å². The van der Waals surface area contributed by atoms with Crippen molar-refractivity contribution in [2.45, 2.75) is 26.0 Å². The summed E-state index contributed by atoms with van der Waals surface area (Å²) in [6.45, 7) is 6.39. The lowest BCUT2D eigenvalue weighted by atomic mass is 9.91. The van der Waals surface area contributed by atoms with Crippen LogP contribution in [0, 0.1) is 0 Å². The highest BCUT2D eigenvalue weighted by molar-refractivity contribution is 9.11. The highest BCUT2D eigenvalue weighted by Crippen LogP contribution is 2.34. The number of anilines is 1. The summed E-state index contributed by atoms with van der Waals surface area (Å²) in [5.74, 6) is 0.828. The summed E-state index contributed by atoms with van der Waals surface area (Å²) in [6, 6.07) is 19.6. The number of carbonyl (C=O) groups is 1. The molecule has 1 fully saturated rings. The van der Waals surface area contributed by atoms with Gasteiger partial charge in [-0.3, -0.25) is 4.79 Å². The first-order chi connectivity index (χ1) is 13.1. The van der Waals surface area contributed by atoms with Crippen LogP contribution in [0.2, 0.25) is 0 Å². The largest absolute Gasteiger partial charge is 0.489 e. The fraction of sp³-hybridized carbons (Fsp3) is 0.174. The van der Waals surface area contributed by atoms with Crippen molar-refractivity contribution in [1.29, 1.82) is 0 Å². The Labute approximate surface area is 168 Å². The van der Waals surface area contributed by atoms with E-state index < -0.39 is 0 Å². The van der Waals surface area contributed by atoms with Gasteiger partial charge in [0, 0.05) is 11.3 Å². The minimum atomic E-state index is -0.0775. The van der Waals surface area contributed by atoms with Gasteiger partial charge in [-0.05, 0) is 35.2 Å². The van der Waals surface area contributed by atoms with Crippen molar-refractivity contribution in [3.8, 4) is 0 Å². The number of allylic oxidation sites excluding steroid dienone is 2. The van der Waals surface area contributed by atoms with Gasteiger partial charge in [0.2, 0.25) is 5.91 Å². The van der Waals surface area contributed by atoms with E-state index in [2.05, 4.69) is 22.5 Å². The molecule has 0 N–H and O–H groups in total. The normalized spacial score (nSPS) is 17.9. The first-order valence-electron chi connectivity index (χ1n) is 8.84. The number of β-lactam (4-membered cyclic amide) rings is 1. The van der Waals surface area contributed by atoms with Gasteiger partial charge in [0.15, 0.2) is 0 Å². The summed E-state index contributed by atoms with van der Waals surface area (Å²) in [5, 5.41) is 0. The number of para-hydroxylation sites is 1. The number of ether oxygens (including phenoxy) is 1. The Balaban J connectivity index is 1.91. The molecule has 0 spiro atoms. The molecule has 0 aliphatic carbocycles. The number of halogens is 1. The fourth-order valence-electron chi connectivity index (χ4n) is 3.10. The second-order valence-corrected chi connectivity index (χ2v) is 7.60. The lowest BCUT2D eigenvalue weighted by Crippen LogP contribution is -2.54. The van der Waals surface area contributed by atoms with Crippen molar-refractivity contribution in [2.75, 3.05) is 4.90 Å². The molecule has 0 bridgehead atoms. The molecule has 2 aromatic carbocycles. The van der Waals surface area contributed by atoms with Crippen molar-refractivity contribution < 1.29 is 9.53 Å². The lowest BCUT2D eigenvalue weighted by molar-refractivity contribution is -0.123. The van der Waals surface area contributed by atoms with E-state index in [1.807, 2.05) is 73.7 Å². The Morgan fingerprint density at radius 2 is 1.81 bits per heavy atom. The highest BCUT2D eigenvalue weighted by atomic mass is 79.9. The predicted octanol–water partition coefficient (Wildman–Crippen LogP) is 5.75. The number of nitrogens with zero attached hydrogens (tertiary/aromatic N) is 1. The molecule has 4 heteroatoms. The number of hydrogen-bond donors (Lipinski definition) is 0. The van der Waals surface area contributed by atoms with E-state index in [-0.39, 0.29) is 11.9 Å². The average Bonchev–Trinajstić information content (AvgIpc) is 2.67. The smallest absolute Gasteiger partial charge is 0.230 e. The first-order valence-corrected chi connectivity index (χ1v) is 9.63. The third-order valence-electron chi connectivity index (χ3n) is 4.41. The van der Waals surface area contributed by atoms with Gasteiger partial charge in [-0.2, -0.15) is 0 Å². The number of amides is 1. The summed E-state index contributed by atoms with van der Waals surface area (Å²) >= 11 is 3.49. The second kappa shape index (κ2) is 8.87. The van der Waals surface area contributed by atoms with Crippen LogP contribution in [-0.2, 0) is 16.1 Å².